The van der Waals surface area contributed by atoms with E-state index in [0.29, 0.717) is 28.6 Å². The predicted molar refractivity (Wildman–Crippen MR) is 132 cm³/mol. The number of nitrogens with zero attached hydrogens (tertiary/aromatic N) is 1. The quantitative estimate of drug-likeness (QED) is 0.483. The molecule has 0 radical (unpaired) electrons. The van der Waals surface area contributed by atoms with E-state index in [-0.39, 0.29) is 13.0 Å². The zero-order chi connectivity index (χ0) is 24.1. The first-order valence-electron chi connectivity index (χ1n) is 10.5. The maximum atomic E-state index is 13.2. The summed E-state index contributed by atoms with van der Waals surface area (Å²) in [5.41, 5.74) is 1.56. The van der Waals surface area contributed by atoms with Crippen LogP contribution in [-0.2, 0) is 14.4 Å². The monoisotopic (exact) mass is 523 g/mol. The molecule has 4 rings (SSSR count). The van der Waals surface area contributed by atoms with E-state index >= 15 is 0 Å². The molecule has 3 amide bonds. The van der Waals surface area contributed by atoms with Gasteiger partial charge in [-0.2, -0.15) is 0 Å². The lowest BCUT2D eigenvalue weighted by Crippen LogP contribution is -2.53. The molecule has 8 nitrogen and oxygen atoms in total. The molecule has 9 heteroatoms. The van der Waals surface area contributed by atoms with Gasteiger partial charge in [-0.1, -0.05) is 28.1 Å². The number of rotatable bonds is 7. The summed E-state index contributed by atoms with van der Waals surface area (Å²) in [7, 11) is 1.55. The van der Waals surface area contributed by atoms with Crippen LogP contribution in [0.5, 0.6) is 11.5 Å². The lowest BCUT2D eigenvalue weighted by Gasteiger charge is -2.36. The lowest BCUT2D eigenvalue weighted by atomic mass is 10.0. The molecular formula is C25H22BrN3O5. The first-order valence-corrected chi connectivity index (χ1v) is 11.3. The molecule has 1 aliphatic heterocycles. The highest BCUT2D eigenvalue weighted by Crippen LogP contribution is 2.33. The summed E-state index contributed by atoms with van der Waals surface area (Å²) in [6.45, 7) is -0.292. The van der Waals surface area contributed by atoms with Crippen molar-refractivity contribution in [1.82, 2.24) is 0 Å². The number of anilines is 3. The number of ether oxygens (including phenoxy) is 2. The molecule has 3 aromatic carbocycles. The smallest absolute Gasteiger partial charge is 0.265 e. The van der Waals surface area contributed by atoms with Crippen LogP contribution in [0.25, 0.3) is 0 Å². The van der Waals surface area contributed by atoms with Gasteiger partial charge in [0, 0.05) is 10.2 Å². The Morgan fingerprint density at radius 2 is 1.68 bits per heavy atom. The summed E-state index contributed by atoms with van der Waals surface area (Å²) in [5, 5.41) is 5.54. The molecule has 1 atom stereocenters. The van der Waals surface area contributed by atoms with Crippen molar-refractivity contribution in [2.24, 2.45) is 0 Å². The van der Waals surface area contributed by atoms with E-state index < -0.39 is 23.8 Å². The van der Waals surface area contributed by atoms with Crippen molar-refractivity contribution in [3.63, 3.8) is 0 Å². The molecule has 2 N–H and O–H groups in total. The van der Waals surface area contributed by atoms with Crippen LogP contribution in [0.2, 0.25) is 0 Å². The van der Waals surface area contributed by atoms with Crippen molar-refractivity contribution in [3.05, 3.63) is 77.3 Å². The Kier molecular flexibility index (Phi) is 7.12. The number of para-hydroxylation sites is 2. The van der Waals surface area contributed by atoms with E-state index in [1.807, 2.05) is 0 Å². The third kappa shape index (κ3) is 5.37. The van der Waals surface area contributed by atoms with Crippen LogP contribution in [-0.4, -0.2) is 37.5 Å². The van der Waals surface area contributed by atoms with E-state index in [1.54, 1.807) is 79.9 Å². The summed E-state index contributed by atoms with van der Waals surface area (Å²) in [5.74, 6) is -0.117. The molecule has 1 aliphatic rings. The van der Waals surface area contributed by atoms with Gasteiger partial charge in [-0.3, -0.25) is 19.3 Å². The van der Waals surface area contributed by atoms with Gasteiger partial charge in [0.05, 0.1) is 24.9 Å². The average molecular weight is 524 g/mol. The maximum Gasteiger partial charge on any atom is 0.265 e. The van der Waals surface area contributed by atoms with Gasteiger partial charge in [0.1, 0.15) is 17.5 Å². The average Bonchev–Trinajstić information content (AvgIpc) is 2.84. The number of carbonyl (C=O) groups is 3. The molecule has 3 aromatic rings. The van der Waals surface area contributed by atoms with Gasteiger partial charge in [0.25, 0.3) is 5.91 Å². The fraction of sp³-hybridized carbons (Fsp3) is 0.160. The van der Waals surface area contributed by atoms with Crippen molar-refractivity contribution in [1.29, 1.82) is 0 Å². The van der Waals surface area contributed by atoms with Crippen molar-refractivity contribution >= 4 is 50.7 Å². The van der Waals surface area contributed by atoms with E-state index in [4.69, 9.17) is 9.47 Å². The first kappa shape index (κ1) is 23.3. The van der Waals surface area contributed by atoms with Crippen molar-refractivity contribution in [3.8, 4) is 11.5 Å². The Balaban J connectivity index is 1.52. The molecule has 34 heavy (non-hydrogen) atoms. The van der Waals surface area contributed by atoms with E-state index in [0.717, 1.165) is 4.47 Å². The number of nitrogens with one attached hydrogen (secondary N) is 2. The predicted octanol–water partition coefficient (Wildman–Crippen LogP) is 4.22. The van der Waals surface area contributed by atoms with E-state index in [2.05, 4.69) is 26.6 Å². The molecule has 0 saturated heterocycles. The number of methoxy groups -OCH3 is 1. The van der Waals surface area contributed by atoms with Gasteiger partial charge in [0.15, 0.2) is 6.61 Å². The highest BCUT2D eigenvalue weighted by atomic mass is 79.9. The molecule has 0 fully saturated rings. The van der Waals surface area contributed by atoms with Gasteiger partial charge in [-0.05, 0) is 60.7 Å². The van der Waals surface area contributed by atoms with Crippen molar-refractivity contribution < 1.29 is 23.9 Å². The molecule has 0 spiro atoms. The minimum atomic E-state index is -1.03. The molecule has 1 unspecified atom stereocenters. The van der Waals surface area contributed by atoms with Crippen molar-refractivity contribution in [2.45, 2.75) is 12.5 Å². The molecule has 0 saturated carbocycles. The van der Waals surface area contributed by atoms with Crippen LogP contribution in [0.15, 0.2) is 77.3 Å². The Bertz CT molecular complexity index is 1200. The number of hydrogen-bond donors (Lipinski definition) is 2. The summed E-state index contributed by atoms with van der Waals surface area (Å²) >= 11 is 3.35. The second kappa shape index (κ2) is 10.4. The zero-order valence-corrected chi connectivity index (χ0v) is 19.9. The maximum absolute atomic E-state index is 13.2. The number of amides is 3. The lowest BCUT2D eigenvalue weighted by molar-refractivity contribution is -0.127. The topological polar surface area (TPSA) is 97.0 Å². The number of benzene rings is 3. The molecule has 0 bridgehead atoms. The standard InChI is InChI=1S/C25H22BrN3O5/c1-33-18-12-8-17(9-13-18)27-23(30)14-22-25(32)28-20-4-2-3-5-21(20)29(22)24(31)15-34-19-10-6-16(26)7-11-19/h2-13,22H,14-15H2,1H3,(H,27,30)(H,28,32). The van der Waals surface area contributed by atoms with Gasteiger partial charge in [0.2, 0.25) is 11.8 Å². The normalized spacial score (nSPS) is 14.6. The molecule has 174 valence electrons. The second-order valence-electron chi connectivity index (χ2n) is 7.51. The Morgan fingerprint density at radius 1 is 1.00 bits per heavy atom. The largest absolute Gasteiger partial charge is 0.497 e. The molecule has 0 aromatic heterocycles. The minimum Gasteiger partial charge on any atom is -0.497 e. The summed E-state index contributed by atoms with van der Waals surface area (Å²) < 4.78 is 11.6. The highest BCUT2D eigenvalue weighted by Gasteiger charge is 2.38. The van der Waals surface area contributed by atoms with Crippen LogP contribution in [0.3, 0.4) is 0 Å². The van der Waals surface area contributed by atoms with Crippen molar-refractivity contribution in [2.75, 3.05) is 29.3 Å². The fourth-order valence-electron chi connectivity index (χ4n) is 3.59. The zero-order valence-electron chi connectivity index (χ0n) is 18.3. The number of carbonyl (C=O) groups excluding carboxylic acids is 3. The van der Waals surface area contributed by atoms with Crippen LogP contribution in [0, 0.1) is 0 Å². The van der Waals surface area contributed by atoms with Crippen LogP contribution in [0.4, 0.5) is 17.1 Å². The summed E-state index contributed by atoms with van der Waals surface area (Å²) in [4.78, 5) is 40.3. The molecular weight excluding hydrogens is 502 g/mol. The van der Waals surface area contributed by atoms with E-state index in [9.17, 15) is 14.4 Å². The summed E-state index contributed by atoms with van der Waals surface area (Å²) in [6.07, 6.45) is -0.226. The first-order chi connectivity index (χ1) is 16.4. The van der Waals surface area contributed by atoms with Crippen LogP contribution >= 0.6 is 15.9 Å². The Morgan fingerprint density at radius 3 is 2.38 bits per heavy atom. The molecule has 0 aliphatic carbocycles. The van der Waals surface area contributed by atoms with Gasteiger partial charge in [-0.15, -0.1) is 0 Å². The van der Waals surface area contributed by atoms with Crippen LogP contribution < -0.4 is 25.0 Å². The van der Waals surface area contributed by atoms with Gasteiger partial charge in [-0.25, -0.2) is 0 Å². The van der Waals surface area contributed by atoms with Gasteiger partial charge < -0.3 is 20.1 Å². The minimum absolute atomic E-state index is 0.226. The summed E-state index contributed by atoms with van der Waals surface area (Å²) in [6, 6.07) is 19.8. The van der Waals surface area contributed by atoms with Crippen LogP contribution in [0.1, 0.15) is 6.42 Å². The number of fused-ring (bicyclic) bond motifs is 1. The third-order valence-electron chi connectivity index (χ3n) is 5.23. The SMILES string of the molecule is COc1ccc(NC(=O)CC2C(=O)Nc3ccccc3N2C(=O)COc2ccc(Br)cc2)cc1. The molecule has 1 heterocycles. The van der Waals surface area contributed by atoms with Gasteiger partial charge >= 0.3 is 0 Å². The fourth-order valence-corrected chi connectivity index (χ4v) is 3.85. The Hall–Kier alpha value is -3.85. The number of halogens is 1. The highest BCUT2D eigenvalue weighted by molar-refractivity contribution is 9.10. The third-order valence-corrected chi connectivity index (χ3v) is 5.76. The second-order valence-corrected chi connectivity index (χ2v) is 8.43. The van der Waals surface area contributed by atoms with E-state index in [1.165, 1.54) is 4.90 Å². The number of hydrogen-bond acceptors (Lipinski definition) is 5. The Labute approximate surface area is 205 Å².